The molecule has 7 heteroatoms. The van der Waals surface area contributed by atoms with E-state index in [1.165, 1.54) is 7.11 Å². The van der Waals surface area contributed by atoms with Crippen molar-refractivity contribution in [2.75, 3.05) is 26.9 Å². The van der Waals surface area contributed by atoms with Gasteiger partial charge in [0.2, 0.25) is 0 Å². The van der Waals surface area contributed by atoms with Gasteiger partial charge in [-0.2, -0.15) is 0 Å². The molecule has 2 atom stereocenters. The highest BCUT2D eigenvalue weighted by molar-refractivity contribution is 6.53. The lowest BCUT2D eigenvalue weighted by Crippen LogP contribution is -2.52. The van der Waals surface area contributed by atoms with Crippen molar-refractivity contribution in [3.63, 3.8) is 0 Å². The molecule has 0 amide bonds. The molecule has 0 bridgehead atoms. The number of carbonyl (C=O) groups excluding carboxylic acids is 1. The van der Waals surface area contributed by atoms with Gasteiger partial charge in [0.15, 0.2) is 0 Å². The van der Waals surface area contributed by atoms with Crippen LogP contribution in [0.25, 0.3) is 0 Å². The van der Waals surface area contributed by atoms with Crippen LogP contribution in [0.15, 0.2) is 30.3 Å². The van der Waals surface area contributed by atoms with Crippen LogP contribution in [-0.4, -0.2) is 48.1 Å². The maximum atomic E-state index is 12.3. The highest BCUT2D eigenvalue weighted by Crippen LogP contribution is 2.27. The van der Waals surface area contributed by atoms with Crippen molar-refractivity contribution in [3.8, 4) is 0 Å². The van der Waals surface area contributed by atoms with E-state index in [1.54, 1.807) is 6.92 Å². The minimum Gasteiger partial charge on any atom is -0.468 e. The zero-order valence-electron chi connectivity index (χ0n) is 15.1. The van der Waals surface area contributed by atoms with E-state index in [4.69, 9.17) is 22.4 Å². The molecule has 1 aromatic carbocycles. The van der Waals surface area contributed by atoms with E-state index < -0.39 is 21.1 Å². The Hall–Kier alpha value is -1.25. The quantitative estimate of drug-likeness (QED) is 0.449. The van der Waals surface area contributed by atoms with E-state index >= 15 is 0 Å². The first kappa shape index (κ1) is 20.8. The fourth-order valence-corrected chi connectivity index (χ4v) is 4.55. The first-order chi connectivity index (χ1) is 11.5. The largest absolute Gasteiger partial charge is 0.679 e. The molecule has 1 aromatic rings. The predicted octanol–water partition coefficient (Wildman–Crippen LogP) is 2.89. The zero-order valence-corrected chi connectivity index (χ0v) is 16.1. The molecule has 0 N–H and O–H groups in total. The van der Waals surface area contributed by atoms with Crippen LogP contribution in [0.2, 0.25) is 0 Å². The van der Waals surface area contributed by atoms with Crippen LogP contribution in [0.1, 0.15) is 39.2 Å². The number of benzene rings is 1. The Morgan fingerprint density at radius 3 is 1.92 bits per heavy atom. The molecule has 0 spiro atoms. The monoisotopic (exact) mass is 356 g/mol. The number of hydrogen-bond acceptors (Lipinski definition) is 6. The molecular formula is C17H28O6Si. The van der Waals surface area contributed by atoms with Crippen molar-refractivity contribution in [2.45, 2.75) is 39.7 Å². The molecule has 6 nitrogen and oxygen atoms in total. The van der Waals surface area contributed by atoms with Gasteiger partial charge in [0.1, 0.15) is 5.92 Å². The third-order valence-electron chi connectivity index (χ3n) is 3.38. The second kappa shape index (κ2) is 10.6. The second-order valence-corrected chi connectivity index (χ2v) is 7.14. The Labute approximate surface area is 145 Å². The van der Waals surface area contributed by atoms with Gasteiger partial charge >= 0.3 is 15.0 Å². The topological polar surface area (TPSA) is 63.2 Å². The van der Waals surface area contributed by atoms with Crippen molar-refractivity contribution < 1.29 is 27.2 Å². The van der Waals surface area contributed by atoms with Gasteiger partial charge in [-0.15, -0.1) is 0 Å². The van der Waals surface area contributed by atoms with Crippen molar-refractivity contribution in [1.29, 1.82) is 0 Å². The lowest BCUT2D eigenvalue weighted by Gasteiger charge is -2.32. The molecule has 0 heterocycles. The number of rotatable bonds is 11. The van der Waals surface area contributed by atoms with Crippen molar-refractivity contribution >= 4 is 15.0 Å². The van der Waals surface area contributed by atoms with Gasteiger partial charge in [0.25, 0.3) is 0 Å². The Balaban J connectivity index is 3.07. The van der Waals surface area contributed by atoms with E-state index in [2.05, 4.69) is 0 Å². The van der Waals surface area contributed by atoms with Gasteiger partial charge < -0.3 is 22.4 Å². The molecule has 0 unspecified atom stereocenters. The summed E-state index contributed by atoms with van der Waals surface area (Å²) in [5, 5.41) is 0. The molecule has 136 valence electrons. The van der Waals surface area contributed by atoms with Gasteiger partial charge in [0.05, 0.1) is 13.2 Å². The summed E-state index contributed by atoms with van der Waals surface area (Å²) in [5.41, 5.74) is 0.809. The molecule has 0 saturated carbocycles. The summed E-state index contributed by atoms with van der Waals surface area (Å²) in [5.74, 6) is -0.967. The molecule has 0 radical (unpaired) electrons. The normalized spacial score (nSPS) is 14.2. The lowest BCUT2D eigenvalue weighted by atomic mass is 9.94. The smallest absolute Gasteiger partial charge is 0.468 e. The Kier molecular flexibility index (Phi) is 9.16. The Bertz CT molecular complexity index is 464. The van der Waals surface area contributed by atoms with Crippen LogP contribution in [0.5, 0.6) is 0 Å². The first-order valence-corrected chi connectivity index (χ1v) is 9.89. The van der Waals surface area contributed by atoms with Crippen molar-refractivity contribution in [3.05, 3.63) is 35.9 Å². The number of carbonyl (C=O) groups is 1. The molecule has 1 rings (SSSR count). The lowest BCUT2D eigenvalue weighted by molar-refractivity contribution is -0.146. The van der Waals surface area contributed by atoms with Gasteiger partial charge in [-0.3, -0.25) is 4.79 Å². The molecule has 0 aliphatic carbocycles. The third-order valence-corrected chi connectivity index (χ3v) is 5.96. The summed E-state index contributed by atoms with van der Waals surface area (Å²) in [7, 11) is -1.96. The van der Waals surface area contributed by atoms with E-state index in [0.29, 0.717) is 19.8 Å². The van der Waals surface area contributed by atoms with Gasteiger partial charge in [-0.25, -0.2) is 0 Å². The van der Waals surface area contributed by atoms with Crippen LogP contribution in [0.4, 0.5) is 0 Å². The summed E-state index contributed by atoms with van der Waals surface area (Å²) in [6, 6.07) is 9.37. The summed E-state index contributed by atoms with van der Waals surface area (Å²) < 4.78 is 28.1. The molecule has 0 saturated heterocycles. The van der Waals surface area contributed by atoms with E-state index in [-0.39, 0.29) is 5.97 Å². The summed E-state index contributed by atoms with van der Waals surface area (Å²) in [6.07, 6.45) is -0.531. The second-order valence-electron chi connectivity index (χ2n) is 5.03. The predicted molar refractivity (Wildman–Crippen MR) is 92.4 cm³/mol. The highest BCUT2D eigenvalue weighted by atomic mass is 28.4. The number of methoxy groups -OCH3 is 1. The summed E-state index contributed by atoms with van der Waals surface area (Å²) in [6.45, 7) is 8.54. The molecule has 0 fully saturated rings. The van der Waals surface area contributed by atoms with Crippen LogP contribution in [0, 0.1) is 0 Å². The minimum absolute atomic E-state index is 0.374. The molecule has 0 aliphatic rings. The molecule has 0 aromatic heterocycles. The molecule has 24 heavy (non-hydrogen) atoms. The minimum atomic E-state index is -3.32. The Morgan fingerprint density at radius 1 is 1.00 bits per heavy atom. The standard InChI is InChI=1S/C17H28O6Si/c1-6-20-24(21-7-2,22-8-3)23-14(4)16(17(18)19-5)15-12-10-9-11-13-15/h9-14,16H,6-8H2,1-5H3/t14-,16-/m0/s1. The zero-order chi connectivity index (χ0) is 18.0. The molecule has 0 aliphatic heterocycles. The van der Waals surface area contributed by atoms with E-state index in [1.807, 2.05) is 51.1 Å². The van der Waals surface area contributed by atoms with Crippen LogP contribution >= 0.6 is 0 Å². The van der Waals surface area contributed by atoms with Gasteiger partial charge in [0, 0.05) is 19.8 Å². The maximum absolute atomic E-state index is 12.3. The first-order valence-electron chi connectivity index (χ1n) is 8.25. The van der Waals surface area contributed by atoms with Gasteiger partial charge in [-0.05, 0) is 33.3 Å². The third kappa shape index (κ3) is 5.68. The van der Waals surface area contributed by atoms with Crippen molar-refractivity contribution in [1.82, 2.24) is 0 Å². The van der Waals surface area contributed by atoms with Gasteiger partial charge in [-0.1, -0.05) is 30.3 Å². The summed E-state index contributed by atoms with van der Waals surface area (Å²) >= 11 is 0. The van der Waals surface area contributed by atoms with E-state index in [0.717, 1.165) is 5.56 Å². The van der Waals surface area contributed by atoms with E-state index in [9.17, 15) is 4.79 Å². The average Bonchev–Trinajstić information content (AvgIpc) is 2.56. The van der Waals surface area contributed by atoms with Crippen LogP contribution in [-0.2, 0) is 27.2 Å². The molecular weight excluding hydrogens is 328 g/mol. The average molecular weight is 356 g/mol. The highest BCUT2D eigenvalue weighted by Gasteiger charge is 2.48. The van der Waals surface area contributed by atoms with Crippen LogP contribution < -0.4 is 0 Å². The SMILES string of the molecule is CCO[Si](OCC)(OCC)O[C@@H](C)[C@H](C(=O)OC)c1ccccc1. The Morgan fingerprint density at radius 2 is 1.50 bits per heavy atom. The number of hydrogen-bond donors (Lipinski definition) is 0. The summed E-state index contributed by atoms with van der Waals surface area (Å²) in [4.78, 5) is 12.3. The van der Waals surface area contributed by atoms with Crippen molar-refractivity contribution in [2.24, 2.45) is 0 Å². The fourth-order valence-electron chi connectivity index (χ4n) is 2.44. The maximum Gasteiger partial charge on any atom is 0.679 e. The number of ether oxygens (including phenoxy) is 1. The fraction of sp³-hybridized carbons (Fsp3) is 0.588. The van der Waals surface area contributed by atoms with Crippen LogP contribution in [0.3, 0.4) is 0 Å². The number of esters is 1.